The van der Waals surface area contributed by atoms with Gasteiger partial charge in [-0.1, -0.05) is 44.2 Å². The minimum atomic E-state index is 0.108. The molecule has 122 valence electrons. The summed E-state index contributed by atoms with van der Waals surface area (Å²) < 4.78 is 0. The fourth-order valence-electron chi connectivity index (χ4n) is 3.89. The molecule has 0 spiro atoms. The highest BCUT2D eigenvalue weighted by Crippen LogP contribution is 2.23. The zero-order valence-electron chi connectivity index (χ0n) is 13.5. The van der Waals surface area contributed by atoms with Gasteiger partial charge >= 0.3 is 0 Å². The second-order valence-electron chi connectivity index (χ2n) is 6.55. The Kier molecular flexibility index (Phi) is 6.77. The number of hydrogen-bond acceptors (Lipinski definition) is 4. The Morgan fingerprint density at radius 3 is 2.29 bits per heavy atom. The van der Waals surface area contributed by atoms with Crippen molar-refractivity contribution in [1.82, 2.24) is 9.80 Å². The van der Waals surface area contributed by atoms with Gasteiger partial charge in [0.05, 0.1) is 6.04 Å². The Bertz CT molecular complexity index is 318. The van der Waals surface area contributed by atoms with E-state index in [4.69, 9.17) is 10.9 Å². The molecule has 0 radical (unpaired) electrons. The van der Waals surface area contributed by atoms with Crippen molar-refractivity contribution in [3.8, 4) is 0 Å². The third kappa shape index (κ3) is 4.58. The number of rotatable bonds is 5. The summed E-state index contributed by atoms with van der Waals surface area (Å²) in [6, 6.07) is 0.902. The fourth-order valence-corrected chi connectivity index (χ4v) is 3.89. The van der Waals surface area contributed by atoms with Crippen molar-refractivity contribution >= 4 is 5.84 Å². The Hall–Kier alpha value is -0.810. The van der Waals surface area contributed by atoms with Gasteiger partial charge in [-0.25, -0.2) is 0 Å². The molecule has 2 aliphatic rings. The molecule has 1 saturated carbocycles. The minimum Gasteiger partial charge on any atom is -0.409 e. The number of nitrogens with two attached hydrogens (primary N) is 1. The summed E-state index contributed by atoms with van der Waals surface area (Å²) in [6.07, 6.45) is 10.4. The van der Waals surface area contributed by atoms with Crippen LogP contribution in [0, 0.1) is 0 Å². The average molecular weight is 296 g/mol. The lowest BCUT2D eigenvalue weighted by molar-refractivity contribution is 0.0758. The molecular weight excluding hydrogens is 264 g/mol. The molecule has 0 aromatic rings. The molecule has 1 aliphatic heterocycles. The lowest BCUT2D eigenvalue weighted by Crippen LogP contribution is -2.56. The van der Waals surface area contributed by atoms with Crippen molar-refractivity contribution in [1.29, 1.82) is 0 Å². The molecule has 0 aromatic carbocycles. The smallest absolute Gasteiger partial charge is 0.156 e. The predicted molar refractivity (Wildman–Crippen MR) is 86.7 cm³/mol. The number of hydrogen-bond donors (Lipinski definition) is 2. The molecule has 5 heteroatoms. The maximum absolute atomic E-state index is 8.98. The van der Waals surface area contributed by atoms with Gasteiger partial charge in [0.2, 0.25) is 0 Å². The molecule has 2 rings (SSSR count). The van der Waals surface area contributed by atoms with Crippen molar-refractivity contribution in [3.05, 3.63) is 0 Å². The van der Waals surface area contributed by atoms with Crippen molar-refractivity contribution in [3.63, 3.8) is 0 Å². The molecule has 1 unspecified atom stereocenters. The highest BCUT2D eigenvalue weighted by Gasteiger charge is 2.29. The van der Waals surface area contributed by atoms with Crippen LogP contribution in [-0.4, -0.2) is 59.1 Å². The van der Waals surface area contributed by atoms with Gasteiger partial charge in [-0.05, 0) is 19.3 Å². The lowest BCUT2D eigenvalue weighted by Gasteiger charge is -2.42. The van der Waals surface area contributed by atoms with E-state index in [0.29, 0.717) is 5.84 Å². The lowest BCUT2D eigenvalue weighted by atomic mass is 10.0. The van der Waals surface area contributed by atoms with E-state index in [1.165, 1.54) is 38.5 Å². The van der Waals surface area contributed by atoms with Gasteiger partial charge in [0, 0.05) is 32.2 Å². The quantitative estimate of drug-likeness (QED) is 0.268. The monoisotopic (exact) mass is 296 g/mol. The van der Waals surface area contributed by atoms with Gasteiger partial charge in [0.1, 0.15) is 0 Å². The molecule has 3 N–H and O–H groups in total. The first kappa shape index (κ1) is 16.6. The third-order valence-corrected chi connectivity index (χ3v) is 5.15. The van der Waals surface area contributed by atoms with E-state index in [1.807, 2.05) is 0 Å². The van der Waals surface area contributed by atoms with Gasteiger partial charge in [-0.3, -0.25) is 9.80 Å². The summed E-state index contributed by atoms with van der Waals surface area (Å²) in [6.45, 7) is 6.49. The van der Waals surface area contributed by atoms with Crippen LogP contribution in [0.5, 0.6) is 0 Å². The van der Waals surface area contributed by atoms with Gasteiger partial charge in [-0.15, -0.1) is 0 Å². The number of piperazine rings is 1. The summed E-state index contributed by atoms with van der Waals surface area (Å²) in [5, 5.41) is 12.2. The SMILES string of the molecule is CCCC(C(N)=NO)N1CCN(C2CCCCCC2)CC1. The Labute approximate surface area is 129 Å². The van der Waals surface area contributed by atoms with Crippen LogP contribution >= 0.6 is 0 Å². The molecular formula is C16H32N4O. The van der Waals surface area contributed by atoms with Gasteiger partial charge in [0.25, 0.3) is 0 Å². The molecule has 21 heavy (non-hydrogen) atoms. The summed E-state index contributed by atoms with van der Waals surface area (Å²) in [4.78, 5) is 5.07. The van der Waals surface area contributed by atoms with Crippen LogP contribution in [0.2, 0.25) is 0 Å². The number of oxime groups is 1. The molecule has 2 fully saturated rings. The Balaban J connectivity index is 1.86. The average Bonchev–Trinajstić information content (AvgIpc) is 2.81. The first-order valence-corrected chi connectivity index (χ1v) is 8.71. The van der Waals surface area contributed by atoms with E-state index in [-0.39, 0.29) is 6.04 Å². The maximum Gasteiger partial charge on any atom is 0.156 e. The van der Waals surface area contributed by atoms with Crippen LogP contribution < -0.4 is 5.73 Å². The minimum absolute atomic E-state index is 0.108. The molecule has 1 atom stereocenters. The topological polar surface area (TPSA) is 65.1 Å². The number of nitrogens with zero attached hydrogens (tertiary/aromatic N) is 3. The first-order valence-electron chi connectivity index (χ1n) is 8.71. The molecule has 0 aromatic heterocycles. The van der Waals surface area contributed by atoms with E-state index in [9.17, 15) is 0 Å². The first-order chi connectivity index (χ1) is 10.3. The molecule has 0 bridgehead atoms. The highest BCUT2D eigenvalue weighted by molar-refractivity contribution is 5.85. The van der Waals surface area contributed by atoms with Gasteiger partial charge < -0.3 is 10.9 Å². The van der Waals surface area contributed by atoms with Gasteiger partial charge in [0.15, 0.2) is 5.84 Å². The van der Waals surface area contributed by atoms with Crippen LogP contribution in [-0.2, 0) is 0 Å². The van der Waals surface area contributed by atoms with Crippen LogP contribution in [0.15, 0.2) is 5.16 Å². The zero-order valence-corrected chi connectivity index (χ0v) is 13.5. The third-order valence-electron chi connectivity index (χ3n) is 5.15. The van der Waals surface area contributed by atoms with Crippen molar-refractivity contribution < 1.29 is 5.21 Å². The summed E-state index contributed by atoms with van der Waals surface area (Å²) >= 11 is 0. The largest absolute Gasteiger partial charge is 0.409 e. The van der Waals surface area contributed by atoms with E-state index < -0.39 is 0 Å². The summed E-state index contributed by atoms with van der Waals surface area (Å²) in [5.74, 6) is 0.375. The Morgan fingerprint density at radius 1 is 1.14 bits per heavy atom. The van der Waals surface area contributed by atoms with Crippen molar-refractivity contribution in [2.45, 2.75) is 70.4 Å². The second kappa shape index (κ2) is 8.59. The summed E-state index contributed by atoms with van der Waals surface area (Å²) in [7, 11) is 0. The molecule has 1 saturated heterocycles. The van der Waals surface area contributed by atoms with E-state index in [0.717, 1.165) is 45.1 Å². The standard InChI is InChI=1S/C16H32N4O/c1-2-7-15(16(17)18-21)20-12-10-19(11-13-20)14-8-5-3-4-6-9-14/h14-15,21H,2-13H2,1H3,(H2,17,18). The van der Waals surface area contributed by atoms with E-state index in [2.05, 4.69) is 21.9 Å². The van der Waals surface area contributed by atoms with Crippen LogP contribution in [0.3, 0.4) is 0 Å². The molecule has 1 aliphatic carbocycles. The maximum atomic E-state index is 8.98. The van der Waals surface area contributed by atoms with E-state index >= 15 is 0 Å². The molecule has 1 heterocycles. The molecule has 5 nitrogen and oxygen atoms in total. The van der Waals surface area contributed by atoms with Crippen LogP contribution in [0.4, 0.5) is 0 Å². The zero-order chi connectivity index (χ0) is 15.1. The van der Waals surface area contributed by atoms with Crippen molar-refractivity contribution in [2.75, 3.05) is 26.2 Å². The summed E-state index contributed by atoms with van der Waals surface area (Å²) in [5.41, 5.74) is 5.88. The second-order valence-corrected chi connectivity index (χ2v) is 6.55. The normalized spacial score (nSPS) is 25.7. The Morgan fingerprint density at radius 2 is 1.76 bits per heavy atom. The number of amidine groups is 1. The van der Waals surface area contributed by atoms with Crippen LogP contribution in [0.1, 0.15) is 58.3 Å². The predicted octanol–water partition coefficient (Wildman–Crippen LogP) is 2.24. The van der Waals surface area contributed by atoms with E-state index in [1.54, 1.807) is 0 Å². The fraction of sp³-hybridized carbons (Fsp3) is 0.938. The highest BCUT2D eigenvalue weighted by atomic mass is 16.4. The molecule has 0 amide bonds. The van der Waals surface area contributed by atoms with Gasteiger partial charge in [-0.2, -0.15) is 0 Å². The van der Waals surface area contributed by atoms with Crippen molar-refractivity contribution in [2.24, 2.45) is 10.9 Å². The van der Waals surface area contributed by atoms with Crippen LogP contribution in [0.25, 0.3) is 0 Å².